The molecule has 0 bridgehead atoms. The van der Waals surface area contributed by atoms with Gasteiger partial charge in [0.15, 0.2) is 11.5 Å². The number of hydrogen-bond acceptors (Lipinski definition) is 6. The molecule has 4 rings (SSSR count). The highest BCUT2D eigenvalue weighted by molar-refractivity contribution is 8.03. The standard InChI is InChI=1S/C27H25N3O4S/c1-3-34-23-12-11-18(13-24(23)33-2)20-14-25(31)30-27(21(20)15-28)35-16-26(32)29-22-10-6-8-17-7-4-5-9-19(17)22/h4-13,20H,3,14,16H2,1-2H3,(H,29,32)(H,30,31)/t20-/m0/s1. The number of benzene rings is 3. The molecule has 0 radical (unpaired) electrons. The second kappa shape index (κ2) is 11.0. The molecule has 0 unspecified atom stereocenters. The van der Waals surface area contributed by atoms with E-state index < -0.39 is 5.92 Å². The number of ether oxygens (including phenoxy) is 2. The number of thioether (sulfide) groups is 1. The van der Waals surface area contributed by atoms with Crippen molar-refractivity contribution in [1.82, 2.24) is 5.32 Å². The van der Waals surface area contributed by atoms with Crippen LogP contribution in [0.25, 0.3) is 10.8 Å². The van der Waals surface area contributed by atoms with Crippen LogP contribution in [0.4, 0.5) is 5.69 Å². The Morgan fingerprint density at radius 3 is 2.74 bits per heavy atom. The maximum Gasteiger partial charge on any atom is 0.234 e. The topological polar surface area (TPSA) is 100 Å². The molecular weight excluding hydrogens is 462 g/mol. The normalized spacial score (nSPS) is 15.3. The van der Waals surface area contributed by atoms with E-state index in [-0.39, 0.29) is 24.0 Å². The van der Waals surface area contributed by atoms with Crippen molar-refractivity contribution in [2.75, 3.05) is 24.8 Å². The van der Waals surface area contributed by atoms with E-state index in [2.05, 4.69) is 16.7 Å². The van der Waals surface area contributed by atoms with E-state index in [1.54, 1.807) is 19.2 Å². The van der Waals surface area contributed by atoms with Gasteiger partial charge in [0.25, 0.3) is 0 Å². The maximum absolute atomic E-state index is 12.7. The van der Waals surface area contributed by atoms with Gasteiger partial charge in [-0.1, -0.05) is 54.2 Å². The Morgan fingerprint density at radius 2 is 1.97 bits per heavy atom. The zero-order chi connectivity index (χ0) is 24.8. The molecule has 0 aliphatic carbocycles. The Balaban J connectivity index is 1.53. The predicted octanol–water partition coefficient (Wildman–Crippen LogP) is 4.96. The van der Waals surface area contributed by atoms with E-state index in [1.165, 1.54) is 0 Å². The molecule has 7 nitrogen and oxygen atoms in total. The zero-order valence-electron chi connectivity index (χ0n) is 19.5. The molecule has 1 aliphatic heterocycles. The first-order chi connectivity index (χ1) is 17.0. The number of methoxy groups -OCH3 is 1. The number of hydrogen-bond donors (Lipinski definition) is 2. The van der Waals surface area contributed by atoms with Gasteiger partial charge >= 0.3 is 0 Å². The van der Waals surface area contributed by atoms with Crippen molar-refractivity contribution in [3.63, 3.8) is 0 Å². The lowest BCUT2D eigenvalue weighted by molar-refractivity contribution is -0.121. The molecule has 1 atom stereocenters. The summed E-state index contributed by atoms with van der Waals surface area (Å²) in [5.41, 5.74) is 1.91. The van der Waals surface area contributed by atoms with Crippen molar-refractivity contribution in [3.05, 3.63) is 76.8 Å². The van der Waals surface area contributed by atoms with E-state index in [4.69, 9.17) is 9.47 Å². The van der Waals surface area contributed by atoms with Crippen molar-refractivity contribution in [2.45, 2.75) is 19.3 Å². The fourth-order valence-corrected chi connectivity index (χ4v) is 4.93. The molecule has 2 N–H and O–H groups in total. The van der Waals surface area contributed by atoms with Crippen LogP contribution in [0, 0.1) is 11.3 Å². The lowest BCUT2D eigenvalue weighted by atomic mass is 9.87. The van der Waals surface area contributed by atoms with Crippen LogP contribution in [0.2, 0.25) is 0 Å². The average molecular weight is 488 g/mol. The number of carbonyl (C=O) groups is 2. The third kappa shape index (κ3) is 5.42. The number of amides is 2. The van der Waals surface area contributed by atoms with Gasteiger partial charge in [-0.3, -0.25) is 9.59 Å². The highest BCUT2D eigenvalue weighted by atomic mass is 32.2. The van der Waals surface area contributed by atoms with Gasteiger partial charge in [0.2, 0.25) is 11.8 Å². The summed E-state index contributed by atoms with van der Waals surface area (Å²) >= 11 is 1.14. The van der Waals surface area contributed by atoms with Crippen molar-refractivity contribution < 1.29 is 19.1 Å². The van der Waals surface area contributed by atoms with Crippen LogP contribution in [-0.2, 0) is 9.59 Å². The average Bonchev–Trinajstić information content (AvgIpc) is 2.87. The van der Waals surface area contributed by atoms with Gasteiger partial charge in [0.1, 0.15) is 0 Å². The molecule has 0 aromatic heterocycles. The van der Waals surface area contributed by atoms with Gasteiger partial charge in [0.05, 0.1) is 36.1 Å². The number of nitriles is 1. The first-order valence-corrected chi connectivity index (χ1v) is 12.2. The third-order valence-corrected chi connectivity index (χ3v) is 6.67. The van der Waals surface area contributed by atoms with Crippen LogP contribution in [0.15, 0.2) is 71.3 Å². The minimum atomic E-state index is -0.443. The first kappa shape index (κ1) is 24.2. The Hall–Kier alpha value is -3.96. The number of anilines is 1. The molecule has 8 heteroatoms. The number of nitrogens with zero attached hydrogens (tertiary/aromatic N) is 1. The van der Waals surface area contributed by atoms with Gasteiger partial charge in [-0.15, -0.1) is 0 Å². The molecule has 0 saturated carbocycles. The summed E-state index contributed by atoms with van der Waals surface area (Å²) in [5.74, 6) is 0.303. The van der Waals surface area contributed by atoms with Crippen molar-refractivity contribution >= 4 is 40.0 Å². The number of allylic oxidation sites excluding steroid dienone is 1. The van der Waals surface area contributed by atoms with E-state index in [0.717, 1.165) is 33.8 Å². The number of rotatable bonds is 8. The first-order valence-electron chi connectivity index (χ1n) is 11.2. The molecule has 35 heavy (non-hydrogen) atoms. The molecular formula is C27H25N3O4S. The van der Waals surface area contributed by atoms with Gasteiger partial charge in [0, 0.05) is 23.4 Å². The van der Waals surface area contributed by atoms with Crippen LogP contribution in [0.3, 0.4) is 0 Å². The molecule has 1 heterocycles. The lowest BCUT2D eigenvalue weighted by Gasteiger charge is -2.25. The Kier molecular flexibility index (Phi) is 7.58. The van der Waals surface area contributed by atoms with Crippen LogP contribution in [0.1, 0.15) is 24.8 Å². The summed E-state index contributed by atoms with van der Waals surface area (Å²) in [7, 11) is 1.55. The van der Waals surface area contributed by atoms with Gasteiger partial charge < -0.3 is 20.1 Å². The molecule has 1 aliphatic rings. The van der Waals surface area contributed by atoms with E-state index >= 15 is 0 Å². The summed E-state index contributed by atoms with van der Waals surface area (Å²) in [6.07, 6.45) is 0.131. The highest BCUT2D eigenvalue weighted by Gasteiger charge is 2.30. The number of nitrogens with one attached hydrogen (secondary N) is 2. The summed E-state index contributed by atoms with van der Waals surface area (Å²) < 4.78 is 11.0. The highest BCUT2D eigenvalue weighted by Crippen LogP contribution is 2.39. The van der Waals surface area contributed by atoms with Crippen LogP contribution < -0.4 is 20.1 Å². The fourth-order valence-electron chi connectivity index (χ4n) is 4.05. The van der Waals surface area contributed by atoms with Gasteiger partial charge in [-0.25, -0.2) is 0 Å². The summed E-state index contributed by atoms with van der Waals surface area (Å²) in [4.78, 5) is 25.2. The summed E-state index contributed by atoms with van der Waals surface area (Å²) in [6.45, 7) is 2.38. The van der Waals surface area contributed by atoms with Crippen LogP contribution >= 0.6 is 11.8 Å². The monoisotopic (exact) mass is 487 g/mol. The molecule has 3 aromatic carbocycles. The van der Waals surface area contributed by atoms with Crippen molar-refractivity contribution in [1.29, 1.82) is 5.26 Å². The molecule has 178 valence electrons. The number of fused-ring (bicyclic) bond motifs is 1. The smallest absolute Gasteiger partial charge is 0.234 e. The third-order valence-electron chi connectivity index (χ3n) is 5.66. The molecule has 0 saturated heterocycles. The Labute approximate surface area is 208 Å². The zero-order valence-corrected chi connectivity index (χ0v) is 20.3. The second-order valence-electron chi connectivity index (χ2n) is 7.87. The lowest BCUT2D eigenvalue weighted by Crippen LogP contribution is -2.31. The molecule has 0 spiro atoms. The van der Waals surface area contributed by atoms with Gasteiger partial charge in [-0.2, -0.15) is 5.26 Å². The largest absolute Gasteiger partial charge is 0.493 e. The summed E-state index contributed by atoms with van der Waals surface area (Å²) in [5, 5.41) is 18.0. The molecule has 2 amide bonds. The molecule has 3 aromatic rings. The minimum absolute atomic E-state index is 0.0450. The van der Waals surface area contributed by atoms with E-state index in [9.17, 15) is 14.9 Å². The number of carbonyl (C=O) groups excluding carboxylic acids is 2. The van der Waals surface area contributed by atoms with Crippen LogP contribution in [0.5, 0.6) is 11.5 Å². The Bertz CT molecular complexity index is 1340. The van der Waals surface area contributed by atoms with E-state index in [1.807, 2.05) is 55.5 Å². The van der Waals surface area contributed by atoms with E-state index in [0.29, 0.717) is 28.7 Å². The van der Waals surface area contributed by atoms with Crippen molar-refractivity contribution in [3.8, 4) is 17.6 Å². The quantitative estimate of drug-likeness (QED) is 0.466. The molecule has 0 fully saturated rings. The Morgan fingerprint density at radius 1 is 1.17 bits per heavy atom. The second-order valence-corrected chi connectivity index (χ2v) is 8.85. The fraction of sp³-hybridized carbons (Fsp3) is 0.222. The minimum Gasteiger partial charge on any atom is -0.493 e. The summed E-state index contributed by atoms with van der Waals surface area (Å²) in [6, 6.07) is 21.2. The maximum atomic E-state index is 12.7. The SMILES string of the molecule is CCOc1ccc([C@@H]2CC(=O)NC(SCC(=O)Nc3cccc4ccccc34)=C2C#N)cc1OC. The predicted molar refractivity (Wildman–Crippen MR) is 137 cm³/mol. The van der Waals surface area contributed by atoms with Crippen molar-refractivity contribution in [2.24, 2.45) is 0 Å². The van der Waals surface area contributed by atoms with Crippen LogP contribution in [-0.4, -0.2) is 31.3 Å². The van der Waals surface area contributed by atoms with Gasteiger partial charge in [-0.05, 0) is 36.1 Å².